The molecule has 0 spiro atoms. The van der Waals surface area contributed by atoms with E-state index in [2.05, 4.69) is 23.6 Å². The molecule has 2 aromatic heterocycles. The minimum Gasteiger partial charge on any atom is -0.328 e. The van der Waals surface area contributed by atoms with Crippen molar-refractivity contribution < 1.29 is 0 Å². The topological polar surface area (TPSA) is 38.9 Å². The monoisotopic (exact) mass is 232 g/mol. The summed E-state index contributed by atoms with van der Waals surface area (Å²) in [5.41, 5.74) is 8.30. The predicted molar refractivity (Wildman–Crippen MR) is 68.6 cm³/mol. The van der Waals surface area contributed by atoms with Crippen molar-refractivity contribution in [2.75, 3.05) is 0 Å². The molecule has 0 unspecified atom stereocenters. The van der Waals surface area contributed by atoms with Crippen LogP contribution < -0.4 is 5.73 Å². The molecule has 1 aliphatic rings. The zero-order valence-corrected chi connectivity index (χ0v) is 10.0. The first kappa shape index (κ1) is 10.2. The summed E-state index contributed by atoms with van der Waals surface area (Å²) >= 11 is 1.76. The molecule has 2 aromatic rings. The number of pyridine rings is 1. The summed E-state index contributed by atoms with van der Waals surface area (Å²) < 4.78 is 1.28. The summed E-state index contributed by atoms with van der Waals surface area (Å²) in [6.07, 6.45) is 4.72. The average Bonchev–Trinajstić information content (AvgIpc) is 2.87. The zero-order chi connectivity index (χ0) is 11.0. The minimum atomic E-state index is 0.426. The summed E-state index contributed by atoms with van der Waals surface area (Å²) in [4.78, 5) is 4.69. The summed E-state index contributed by atoms with van der Waals surface area (Å²) in [7, 11) is 0. The first-order valence-corrected chi connectivity index (χ1v) is 6.78. The molecule has 2 atom stereocenters. The van der Waals surface area contributed by atoms with Crippen molar-refractivity contribution in [3.8, 4) is 0 Å². The molecule has 2 heterocycles. The van der Waals surface area contributed by atoms with Crippen molar-refractivity contribution in [3.05, 3.63) is 29.3 Å². The van der Waals surface area contributed by atoms with Crippen LogP contribution in [-0.4, -0.2) is 11.0 Å². The van der Waals surface area contributed by atoms with Crippen LogP contribution in [0.5, 0.6) is 0 Å². The number of rotatable bonds is 2. The Kier molecular flexibility index (Phi) is 2.65. The molecule has 1 saturated carbocycles. The SMILES string of the molecule is N[C@H]1CC[C@H](Cc2ccc3sccc3n2)C1. The Morgan fingerprint density at radius 2 is 2.25 bits per heavy atom. The first-order chi connectivity index (χ1) is 7.81. The fraction of sp³-hybridized carbons (Fsp3) is 0.462. The fourth-order valence-electron chi connectivity index (χ4n) is 2.60. The molecule has 84 valence electrons. The van der Waals surface area contributed by atoms with E-state index in [4.69, 9.17) is 10.7 Å². The highest BCUT2D eigenvalue weighted by Crippen LogP contribution is 2.28. The standard InChI is InChI=1S/C13H16N2S/c14-10-2-1-9(7-10)8-11-3-4-13-12(15-11)5-6-16-13/h3-6,9-10H,1-2,7-8,14H2/t9-,10-/m0/s1. The second kappa shape index (κ2) is 4.15. The van der Waals surface area contributed by atoms with Crippen LogP contribution in [0.2, 0.25) is 0 Å². The van der Waals surface area contributed by atoms with Crippen LogP contribution >= 0.6 is 11.3 Å². The number of thiophene rings is 1. The van der Waals surface area contributed by atoms with Gasteiger partial charge in [-0.1, -0.05) is 0 Å². The van der Waals surface area contributed by atoms with Crippen molar-refractivity contribution in [3.63, 3.8) is 0 Å². The van der Waals surface area contributed by atoms with Crippen LogP contribution in [0.25, 0.3) is 10.2 Å². The lowest BCUT2D eigenvalue weighted by Gasteiger charge is -2.08. The van der Waals surface area contributed by atoms with Crippen molar-refractivity contribution in [1.29, 1.82) is 0 Å². The van der Waals surface area contributed by atoms with Gasteiger partial charge in [0.2, 0.25) is 0 Å². The minimum absolute atomic E-state index is 0.426. The number of fused-ring (bicyclic) bond motifs is 1. The van der Waals surface area contributed by atoms with E-state index in [1.54, 1.807) is 11.3 Å². The normalized spacial score (nSPS) is 25.3. The maximum atomic E-state index is 5.93. The third kappa shape index (κ3) is 1.97. The molecule has 16 heavy (non-hydrogen) atoms. The maximum Gasteiger partial charge on any atom is 0.0812 e. The maximum absolute atomic E-state index is 5.93. The second-order valence-electron chi connectivity index (χ2n) is 4.75. The van der Waals surface area contributed by atoms with Gasteiger partial charge in [-0.2, -0.15) is 0 Å². The van der Waals surface area contributed by atoms with E-state index in [-0.39, 0.29) is 0 Å². The Morgan fingerprint density at radius 1 is 1.31 bits per heavy atom. The van der Waals surface area contributed by atoms with E-state index in [0.29, 0.717) is 6.04 Å². The van der Waals surface area contributed by atoms with Crippen LogP contribution in [-0.2, 0) is 6.42 Å². The van der Waals surface area contributed by atoms with Crippen LogP contribution in [0, 0.1) is 5.92 Å². The lowest BCUT2D eigenvalue weighted by molar-refractivity contribution is 0.529. The highest BCUT2D eigenvalue weighted by molar-refractivity contribution is 7.17. The molecule has 0 aromatic carbocycles. The fourth-order valence-corrected chi connectivity index (χ4v) is 3.33. The first-order valence-electron chi connectivity index (χ1n) is 5.90. The highest BCUT2D eigenvalue weighted by Gasteiger charge is 2.22. The van der Waals surface area contributed by atoms with Crippen molar-refractivity contribution in [2.24, 2.45) is 11.7 Å². The molecule has 0 amide bonds. The summed E-state index contributed by atoms with van der Waals surface area (Å²) in [5.74, 6) is 0.749. The van der Waals surface area contributed by atoms with Gasteiger partial charge in [-0.3, -0.25) is 4.98 Å². The van der Waals surface area contributed by atoms with Gasteiger partial charge in [0.05, 0.1) is 10.2 Å². The Morgan fingerprint density at radius 3 is 3.06 bits per heavy atom. The molecule has 0 aliphatic heterocycles. The number of hydrogen-bond acceptors (Lipinski definition) is 3. The highest BCUT2D eigenvalue weighted by atomic mass is 32.1. The van der Waals surface area contributed by atoms with Gasteiger partial charge in [-0.05, 0) is 55.2 Å². The molecular formula is C13H16N2S. The second-order valence-corrected chi connectivity index (χ2v) is 5.70. The largest absolute Gasteiger partial charge is 0.328 e. The third-order valence-corrected chi connectivity index (χ3v) is 4.32. The number of aromatic nitrogens is 1. The summed E-state index contributed by atoms with van der Waals surface area (Å²) in [6.45, 7) is 0. The Labute approximate surface area is 99.5 Å². The van der Waals surface area contributed by atoms with Gasteiger partial charge in [0.1, 0.15) is 0 Å². The van der Waals surface area contributed by atoms with Gasteiger partial charge in [-0.15, -0.1) is 11.3 Å². The Balaban J connectivity index is 1.78. The van der Waals surface area contributed by atoms with Gasteiger partial charge >= 0.3 is 0 Å². The smallest absolute Gasteiger partial charge is 0.0812 e. The van der Waals surface area contributed by atoms with Crippen LogP contribution in [0.4, 0.5) is 0 Å². The molecule has 3 heteroatoms. The van der Waals surface area contributed by atoms with Crippen LogP contribution in [0.1, 0.15) is 25.0 Å². The predicted octanol–water partition coefficient (Wildman–Crippen LogP) is 2.97. The molecular weight excluding hydrogens is 216 g/mol. The van der Waals surface area contributed by atoms with E-state index in [1.165, 1.54) is 29.7 Å². The lowest BCUT2D eigenvalue weighted by atomic mass is 10.0. The van der Waals surface area contributed by atoms with Crippen molar-refractivity contribution in [2.45, 2.75) is 31.7 Å². The number of nitrogens with two attached hydrogens (primary N) is 1. The zero-order valence-electron chi connectivity index (χ0n) is 9.23. The van der Waals surface area contributed by atoms with E-state index >= 15 is 0 Å². The van der Waals surface area contributed by atoms with Crippen molar-refractivity contribution >= 4 is 21.6 Å². The Bertz CT molecular complexity index is 491. The molecule has 0 radical (unpaired) electrons. The molecule has 1 aliphatic carbocycles. The van der Waals surface area contributed by atoms with E-state index < -0.39 is 0 Å². The quantitative estimate of drug-likeness (QED) is 0.864. The number of nitrogens with zero attached hydrogens (tertiary/aromatic N) is 1. The van der Waals surface area contributed by atoms with Gasteiger partial charge in [0.25, 0.3) is 0 Å². The Hall–Kier alpha value is -0.930. The third-order valence-electron chi connectivity index (χ3n) is 3.44. The molecule has 0 bridgehead atoms. The lowest BCUT2D eigenvalue weighted by Crippen LogP contribution is -2.15. The van der Waals surface area contributed by atoms with E-state index in [9.17, 15) is 0 Å². The molecule has 1 fully saturated rings. The van der Waals surface area contributed by atoms with Gasteiger partial charge in [0.15, 0.2) is 0 Å². The van der Waals surface area contributed by atoms with Crippen LogP contribution in [0.3, 0.4) is 0 Å². The molecule has 3 rings (SSSR count). The van der Waals surface area contributed by atoms with Crippen LogP contribution in [0.15, 0.2) is 23.6 Å². The van der Waals surface area contributed by atoms with Gasteiger partial charge in [0, 0.05) is 11.7 Å². The van der Waals surface area contributed by atoms with Crippen molar-refractivity contribution in [1.82, 2.24) is 4.98 Å². The summed E-state index contributed by atoms with van der Waals surface area (Å²) in [5, 5.41) is 2.10. The van der Waals surface area contributed by atoms with Gasteiger partial charge in [-0.25, -0.2) is 0 Å². The van der Waals surface area contributed by atoms with E-state index in [1.807, 2.05) is 0 Å². The van der Waals surface area contributed by atoms with E-state index in [0.717, 1.165) is 17.9 Å². The summed E-state index contributed by atoms with van der Waals surface area (Å²) in [6, 6.07) is 6.89. The van der Waals surface area contributed by atoms with Gasteiger partial charge < -0.3 is 5.73 Å². The number of hydrogen-bond donors (Lipinski definition) is 1. The average molecular weight is 232 g/mol. The molecule has 2 N–H and O–H groups in total. The molecule has 2 nitrogen and oxygen atoms in total. The molecule has 0 saturated heterocycles.